The molecule has 6 nitrogen and oxygen atoms in total. The van der Waals surface area contributed by atoms with Crippen molar-refractivity contribution in [3.63, 3.8) is 0 Å². The molecule has 3 aromatic heterocycles. The summed E-state index contributed by atoms with van der Waals surface area (Å²) in [6, 6.07) is 12.5. The summed E-state index contributed by atoms with van der Waals surface area (Å²) in [5, 5.41) is 3.52. The van der Waals surface area contributed by atoms with Crippen molar-refractivity contribution < 1.29 is 9.53 Å². The predicted molar refractivity (Wildman–Crippen MR) is 125 cm³/mol. The molecule has 0 spiro atoms. The molecular formula is C22H14Cl2N4O2S. The Labute approximate surface area is 192 Å². The molecule has 0 radical (unpaired) electrons. The maximum absolute atomic E-state index is 11.6. The number of carbonyl (C=O) groups is 1. The summed E-state index contributed by atoms with van der Waals surface area (Å²) >= 11 is 14.1. The van der Waals surface area contributed by atoms with E-state index >= 15 is 0 Å². The van der Waals surface area contributed by atoms with Gasteiger partial charge in [0, 0.05) is 37.8 Å². The van der Waals surface area contributed by atoms with E-state index in [4.69, 9.17) is 29.8 Å². The summed E-state index contributed by atoms with van der Waals surface area (Å²) in [5.74, 6) is 0.321. The standard InChI is InChI=1S/C22H14Cl2N4O2S/c1-25-19-18(14-6-5-13(23)11-15(14)24)21(16-4-3-8-26-16)31-20(19)12-7-9-27-17(10-12)28-22(29)30-2/h3-11,26H,2H3,(H,27,28,29). The van der Waals surface area contributed by atoms with Gasteiger partial charge in [0.25, 0.3) is 0 Å². The molecule has 0 atom stereocenters. The van der Waals surface area contributed by atoms with Gasteiger partial charge in [0.1, 0.15) is 5.82 Å². The van der Waals surface area contributed by atoms with Gasteiger partial charge in [-0.25, -0.2) is 14.6 Å². The van der Waals surface area contributed by atoms with Crippen LogP contribution in [-0.2, 0) is 4.74 Å². The highest BCUT2D eigenvalue weighted by atomic mass is 35.5. The Hall–Kier alpha value is -3.31. The van der Waals surface area contributed by atoms with Crippen molar-refractivity contribution in [3.8, 4) is 32.1 Å². The number of rotatable bonds is 4. The minimum Gasteiger partial charge on any atom is -0.453 e. The van der Waals surface area contributed by atoms with Crippen molar-refractivity contribution in [1.82, 2.24) is 9.97 Å². The van der Waals surface area contributed by atoms with E-state index < -0.39 is 6.09 Å². The molecule has 31 heavy (non-hydrogen) atoms. The van der Waals surface area contributed by atoms with Gasteiger partial charge in [0.15, 0.2) is 0 Å². The highest BCUT2D eigenvalue weighted by Gasteiger charge is 2.24. The second-order valence-electron chi connectivity index (χ2n) is 6.35. The summed E-state index contributed by atoms with van der Waals surface area (Å²) in [6.45, 7) is 7.92. The van der Waals surface area contributed by atoms with Crippen LogP contribution in [0, 0.1) is 6.57 Å². The Morgan fingerprint density at radius 3 is 2.74 bits per heavy atom. The number of ether oxygens (including phenoxy) is 1. The molecule has 0 saturated carbocycles. The predicted octanol–water partition coefficient (Wildman–Crippen LogP) is 7.51. The smallest absolute Gasteiger partial charge is 0.412 e. The molecule has 0 saturated heterocycles. The van der Waals surface area contributed by atoms with Gasteiger partial charge in [0.2, 0.25) is 5.69 Å². The number of amides is 1. The molecular weight excluding hydrogens is 455 g/mol. The molecule has 2 N–H and O–H groups in total. The zero-order valence-electron chi connectivity index (χ0n) is 16.1. The first-order chi connectivity index (χ1) is 15.0. The van der Waals surface area contributed by atoms with Gasteiger partial charge in [0.05, 0.1) is 19.4 Å². The summed E-state index contributed by atoms with van der Waals surface area (Å²) in [5.41, 5.74) is 3.49. The summed E-state index contributed by atoms with van der Waals surface area (Å²) < 4.78 is 4.63. The van der Waals surface area contributed by atoms with Gasteiger partial charge in [-0.05, 0) is 47.5 Å². The first kappa shape index (κ1) is 20.9. The quantitative estimate of drug-likeness (QED) is 0.304. The SMILES string of the molecule is [C-]#[N+]c1c(-c2ccnc(NC(=O)OC)c2)sc(-c2ccc[nH]2)c1-c1ccc(Cl)cc1Cl. The monoisotopic (exact) mass is 468 g/mol. The van der Waals surface area contributed by atoms with Gasteiger partial charge < -0.3 is 9.72 Å². The third-order valence-electron chi connectivity index (χ3n) is 4.48. The van der Waals surface area contributed by atoms with Crippen molar-refractivity contribution in [2.45, 2.75) is 0 Å². The molecule has 1 amide bonds. The molecule has 0 bridgehead atoms. The second kappa shape index (κ2) is 8.82. The molecule has 0 unspecified atom stereocenters. The fourth-order valence-electron chi connectivity index (χ4n) is 3.12. The maximum atomic E-state index is 11.6. The van der Waals surface area contributed by atoms with E-state index in [1.165, 1.54) is 18.4 Å². The van der Waals surface area contributed by atoms with Crippen LogP contribution in [0.5, 0.6) is 0 Å². The van der Waals surface area contributed by atoms with E-state index in [0.29, 0.717) is 27.1 Å². The van der Waals surface area contributed by atoms with Gasteiger partial charge in [-0.3, -0.25) is 5.32 Å². The van der Waals surface area contributed by atoms with E-state index in [2.05, 4.69) is 24.9 Å². The fourth-order valence-corrected chi connectivity index (χ4v) is 4.87. The number of H-pyrrole nitrogens is 1. The van der Waals surface area contributed by atoms with Crippen molar-refractivity contribution in [2.75, 3.05) is 12.4 Å². The lowest BCUT2D eigenvalue weighted by Crippen LogP contribution is -2.11. The maximum Gasteiger partial charge on any atom is 0.412 e. The molecule has 0 aliphatic rings. The minimum absolute atomic E-state index is 0.321. The molecule has 4 aromatic rings. The zero-order chi connectivity index (χ0) is 22.0. The van der Waals surface area contributed by atoms with Crippen LogP contribution in [0.1, 0.15) is 0 Å². The van der Waals surface area contributed by atoms with Crippen LogP contribution >= 0.6 is 34.5 Å². The number of pyridine rings is 1. The number of aromatic nitrogens is 2. The normalized spacial score (nSPS) is 10.5. The van der Waals surface area contributed by atoms with E-state index in [9.17, 15) is 4.79 Å². The van der Waals surface area contributed by atoms with Crippen LogP contribution in [0.4, 0.5) is 16.3 Å². The number of aromatic amines is 1. The highest BCUT2D eigenvalue weighted by Crippen LogP contribution is 2.53. The van der Waals surface area contributed by atoms with Crippen LogP contribution in [0.15, 0.2) is 54.9 Å². The zero-order valence-corrected chi connectivity index (χ0v) is 18.4. The molecule has 0 fully saturated rings. The van der Waals surface area contributed by atoms with Gasteiger partial charge in [-0.1, -0.05) is 29.3 Å². The van der Waals surface area contributed by atoms with Crippen molar-refractivity contribution >= 4 is 52.1 Å². The van der Waals surface area contributed by atoms with Crippen LogP contribution in [0.3, 0.4) is 0 Å². The Balaban J connectivity index is 1.94. The lowest BCUT2D eigenvalue weighted by Gasteiger charge is -2.08. The largest absolute Gasteiger partial charge is 0.453 e. The van der Waals surface area contributed by atoms with Crippen LogP contribution < -0.4 is 5.32 Å². The summed E-state index contributed by atoms with van der Waals surface area (Å²) in [4.78, 5) is 24.4. The second-order valence-corrected chi connectivity index (χ2v) is 8.21. The first-order valence-electron chi connectivity index (χ1n) is 8.96. The van der Waals surface area contributed by atoms with E-state index in [1.807, 2.05) is 24.4 Å². The molecule has 4 rings (SSSR count). The number of hydrogen-bond acceptors (Lipinski definition) is 4. The molecule has 1 aromatic carbocycles. The third kappa shape index (κ3) is 4.14. The number of anilines is 1. The van der Waals surface area contributed by atoms with Crippen LogP contribution in [0.2, 0.25) is 10.0 Å². The number of benzene rings is 1. The van der Waals surface area contributed by atoms with E-state index in [-0.39, 0.29) is 0 Å². The Bertz CT molecular complexity index is 1310. The number of methoxy groups -OCH3 is 1. The van der Waals surface area contributed by atoms with Gasteiger partial charge in [-0.15, -0.1) is 11.3 Å². The van der Waals surface area contributed by atoms with Crippen molar-refractivity contribution in [2.24, 2.45) is 0 Å². The lowest BCUT2D eigenvalue weighted by molar-refractivity contribution is 0.187. The number of nitrogens with one attached hydrogen (secondary N) is 2. The molecule has 0 aliphatic heterocycles. The molecule has 154 valence electrons. The topological polar surface area (TPSA) is 71.4 Å². The Morgan fingerprint density at radius 1 is 1.23 bits per heavy atom. The average Bonchev–Trinajstić information content (AvgIpc) is 3.41. The summed E-state index contributed by atoms with van der Waals surface area (Å²) in [6.07, 6.45) is 2.77. The number of carbonyl (C=O) groups excluding carboxylic acids is 1. The first-order valence-corrected chi connectivity index (χ1v) is 10.5. The number of halogens is 2. The van der Waals surface area contributed by atoms with Crippen LogP contribution in [0.25, 0.3) is 37.0 Å². The van der Waals surface area contributed by atoms with Gasteiger partial charge in [-0.2, -0.15) is 0 Å². The molecule has 9 heteroatoms. The molecule has 3 heterocycles. The van der Waals surface area contributed by atoms with Crippen molar-refractivity contribution in [1.29, 1.82) is 0 Å². The minimum atomic E-state index is -0.623. The number of hydrogen-bond donors (Lipinski definition) is 2. The Morgan fingerprint density at radius 2 is 2.06 bits per heavy atom. The van der Waals surface area contributed by atoms with E-state index in [1.54, 1.807) is 30.5 Å². The lowest BCUT2D eigenvalue weighted by atomic mass is 10.0. The Kier molecular flexibility index (Phi) is 5.96. The van der Waals surface area contributed by atoms with Gasteiger partial charge >= 0.3 is 6.09 Å². The van der Waals surface area contributed by atoms with E-state index in [0.717, 1.165) is 26.6 Å². The third-order valence-corrected chi connectivity index (χ3v) is 6.28. The molecule has 0 aliphatic carbocycles. The van der Waals surface area contributed by atoms with Crippen LogP contribution in [-0.4, -0.2) is 23.2 Å². The average molecular weight is 469 g/mol. The number of thiophene rings is 1. The number of nitrogens with zero attached hydrogens (tertiary/aromatic N) is 2. The fraction of sp³-hybridized carbons (Fsp3) is 0.0455. The summed E-state index contributed by atoms with van der Waals surface area (Å²) in [7, 11) is 1.28. The highest BCUT2D eigenvalue weighted by molar-refractivity contribution is 7.20. The van der Waals surface area contributed by atoms with Crippen molar-refractivity contribution in [3.05, 3.63) is 76.3 Å².